The largest absolute Gasteiger partial charge is 0.293 e. The number of rotatable bonds is 4. The van der Waals surface area contributed by atoms with Crippen molar-refractivity contribution >= 4 is 6.21 Å². The standard InChI is InChI=1S/C13H18N2/c1-2-3-6-9-15-11-13-8-5-4-7-12(13)10-14-15/h4-5,7-8,10H,2-3,6,9,11H2,1H3. The van der Waals surface area contributed by atoms with Crippen molar-refractivity contribution < 1.29 is 0 Å². The lowest BCUT2D eigenvalue weighted by molar-refractivity contribution is 0.270. The molecule has 0 aromatic heterocycles. The second-order valence-corrected chi connectivity index (χ2v) is 4.04. The van der Waals surface area contributed by atoms with Crippen molar-refractivity contribution in [2.75, 3.05) is 6.54 Å². The number of hydrogen-bond donors (Lipinski definition) is 0. The third-order valence-electron chi connectivity index (χ3n) is 2.79. The maximum absolute atomic E-state index is 4.45. The van der Waals surface area contributed by atoms with Gasteiger partial charge in [-0.2, -0.15) is 5.10 Å². The summed E-state index contributed by atoms with van der Waals surface area (Å²) in [4.78, 5) is 0. The van der Waals surface area contributed by atoms with Crippen LogP contribution in [0.4, 0.5) is 0 Å². The molecule has 2 heteroatoms. The summed E-state index contributed by atoms with van der Waals surface area (Å²) in [5, 5.41) is 6.62. The minimum Gasteiger partial charge on any atom is -0.293 e. The van der Waals surface area contributed by atoms with Crippen molar-refractivity contribution in [3.63, 3.8) is 0 Å². The van der Waals surface area contributed by atoms with Gasteiger partial charge in [-0.3, -0.25) is 5.01 Å². The minimum atomic E-state index is 0.969. The molecular formula is C13H18N2. The van der Waals surface area contributed by atoms with E-state index in [1.54, 1.807) is 0 Å². The summed E-state index contributed by atoms with van der Waals surface area (Å²) in [6.07, 6.45) is 5.79. The van der Waals surface area contributed by atoms with Crippen molar-refractivity contribution in [3.8, 4) is 0 Å². The van der Waals surface area contributed by atoms with Crippen LogP contribution in [0.5, 0.6) is 0 Å². The second kappa shape index (κ2) is 4.96. The highest BCUT2D eigenvalue weighted by Gasteiger charge is 2.09. The van der Waals surface area contributed by atoms with Crippen LogP contribution in [0.3, 0.4) is 0 Å². The molecule has 0 spiro atoms. The second-order valence-electron chi connectivity index (χ2n) is 4.04. The summed E-state index contributed by atoms with van der Waals surface area (Å²) in [5.74, 6) is 0. The Morgan fingerprint density at radius 2 is 2.13 bits per heavy atom. The number of hydrazone groups is 1. The van der Waals surface area contributed by atoms with Gasteiger partial charge >= 0.3 is 0 Å². The first-order chi connectivity index (χ1) is 7.40. The summed E-state index contributed by atoms with van der Waals surface area (Å²) in [6, 6.07) is 8.48. The molecule has 0 saturated heterocycles. The van der Waals surface area contributed by atoms with Gasteiger partial charge in [0.25, 0.3) is 0 Å². The van der Waals surface area contributed by atoms with Crippen LogP contribution in [0.2, 0.25) is 0 Å². The van der Waals surface area contributed by atoms with E-state index in [1.165, 1.54) is 30.4 Å². The zero-order valence-corrected chi connectivity index (χ0v) is 9.32. The molecule has 0 radical (unpaired) electrons. The van der Waals surface area contributed by atoms with Crippen LogP contribution in [0, 0.1) is 0 Å². The van der Waals surface area contributed by atoms with Gasteiger partial charge in [0, 0.05) is 6.54 Å². The lowest BCUT2D eigenvalue weighted by atomic mass is 10.1. The van der Waals surface area contributed by atoms with E-state index in [0.29, 0.717) is 0 Å². The molecule has 1 aromatic carbocycles. The highest BCUT2D eigenvalue weighted by atomic mass is 15.4. The van der Waals surface area contributed by atoms with Crippen LogP contribution in [0.15, 0.2) is 29.4 Å². The van der Waals surface area contributed by atoms with Gasteiger partial charge in [0.1, 0.15) is 0 Å². The van der Waals surface area contributed by atoms with E-state index < -0.39 is 0 Å². The van der Waals surface area contributed by atoms with E-state index in [1.807, 2.05) is 6.21 Å². The summed E-state index contributed by atoms with van der Waals surface area (Å²) < 4.78 is 0. The molecule has 0 aliphatic carbocycles. The Hall–Kier alpha value is -1.31. The molecule has 0 amide bonds. The van der Waals surface area contributed by atoms with Gasteiger partial charge in [0.05, 0.1) is 12.8 Å². The lowest BCUT2D eigenvalue weighted by Crippen LogP contribution is -2.22. The van der Waals surface area contributed by atoms with E-state index in [2.05, 4.69) is 41.3 Å². The fourth-order valence-electron chi connectivity index (χ4n) is 1.87. The maximum Gasteiger partial charge on any atom is 0.0617 e. The Balaban J connectivity index is 1.94. The van der Waals surface area contributed by atoms with Crippen LogP contribution < -0.4 is 0 Å². The Morgan fingerprint density at radius 1 is 1.27 bits per heavy atom. The number of nitrogens with zero attached hydrogens (tertiary/aromatic N) is 2. The molecule has 80 valence electrons. The van der Waals surface area contributed by atoms with Crippen molar-refractivity contribution in [2.24, 2.45) is 5.10 Å². The molecule has 0 bridgehead atoms. The van der Waals surface area contributed by atoms with Gasteiger partial charge in [-0.1, -0.05) is 44.0 Å². The molecule has 2 rings (SSSR count). The van der Waals surface area contributed by atoms with Crippen molar-refractivity contribution in [2.45, 2.75) is 32.7 Å². The minimum absolute atomic E-state index is 0.969. The quantitative estimate of drug-likeness (QED) is 0.685. The Morgan fingerprint density at radius 3 is 3.00 bits per heavy atom. The smallest absolute Gasteiger partial charge is 0.0617 e. The molecule has 15 heavy (non-hydrogen) atoms. The first-order valence-corrected chi connectivity index (χ1v) is 5.77. The molecule has 1 aliphatic rings. The molecule has 1 aliphatic heterocycles. The van der Waals surface area contributed by atoms with Crippen LogP contribution in [0.1, 0.15) is 37.3 Å². The number of fused-ring (bicyclic) bond motifs is 1. The number of benzene rings is 1. The highest BCUT2D eigenvalue weighted by Crippen LogP contribution is 2.15. The maximum atomic E-state index is 4.45. The predicted octanol–water partition coefficient (Wildman–Crippen LogP) is 3.03. The number of unbranched alkanes of at least 4 members (excludes halogenated alkanes) is 2. The van der Waals surface area contributed by atoms with Crippen LogP contribution >= 0.6 is 0 Å². The van der Waals surface area contributed by atoms with E-state index in [9.17, 15) is 0 Å². The zero-order valence-electron chi connectivity index (χ0n) is 9.32. The molecule has 2 nitrogen and oxygen atoms in total. The summed E-state index contributed by atoms with van der Waals surface area (Å²) in [7, 11) is 0. The fraction of sp³-hybridized carbons (Fsp3) is 0.462. The Bertz CT molecular complexity index is 344. The van der Waals surface area contributed by atoms with Gasteiger partial charge in [-0.25, -0.2) is 0 Å². The van der Waals surface area contributed by atoms with Crippen LogP contribution in [-0.2, 0) is 6.54 Å². The molecule has 0 fully saturated rings. The van der Waals surface area contributed by atoms with E-state index in [4.69, 9.17) is 0 Å². The first-order valence-electron chi connectivity index (χ1n) is 5.77. The normalized spacial score (nSPS) is 14.1. The first kappa shape index (κ1) is 10.2. The van der Waals surface area contributed by atoms with Crippen LogP contribution in [-0.4, -0.2) is 17.8 Å². The van der Waals surface area contributed by atoms with Gasteiger partial charge in [-0.05, 0) is 17.5 Å². The topological polar surface area (TPSA) is 15.6 Å². The van der Waals surface area contributed by atoms with Crippen molar-refractivity contribution in [1.29, 1.82) is 0 Å². The molecule has 0 atom stereocenters. The molecular weight excluding hydrogens is 184 g/mol. The summed E-state index contributed by atoms with van der Waals surface area (Å²) in [6.45, 7) is 4.28. The van der Waals surface area contributed by atoms with E-state index in [0.717, 1.165) is 13.1 Å². The van der Waals surface area contributed by atoms with Crippen molar-refractivity contribution in [3.05, 3.63) is 35.4 Å². The monoisotopic (exact) mass is 202 g/mol. The summed E-state index contributed by atoms with van der Waals surface area (Å²) in [5.41, 5.74) is 2.66. The van der Waals surface area contributed by atoms with Gasteiger partial charge in [0.15, 0.2) is 0 Å². The molecule has 1 aromatic rings. The predicted molar refractivity (Wildman–Crippen MR) is 64.0 cm³/mol. The Labute approximate surface area is 91.6 Å². The average Bonchev–Trinajstić information content (AvgIpc) is 2.29. The zero-order chi connectivity index (χ0) is 10.5. The third kappa shape index (κ3) is 2.58. The summed E-state index contributed by atoms with van der Waals surface area (Å²) >= 11 is 0. The lowest BCUT2D eigenvalue weighted by Gasteiger charge is -2.23. The molecule has 0 saturated carbocycles. The van der Waals surface area contributed by atoms with Gasteiger partial charge in [0.2, 0.25) is 0 Å². The van der Waals surface area contributed by atoms with E-state index >= 15 is 0 Å². The number of hydrogen-bond acceptors (Lipinski definition) is 2. The average molecular weight is 202 g/mol. The Kier molecular flexibility index (Phi) is 3.38. The molecule has 0 unspecified atom stereocenters. The third-order valence-corrected chi connectivity index (χ3v) is 2.79. The highest BCUT2D eigenvalue weighted by molar-refractivity contribution is 5.82. The van der Waals surface area contributed by atoms with Gasteiger partial charge in [-0.15, -0.1) is 0 Å². The van der Waals surface area contributed by atoms with Crippen LogP contribution in [0.25, 0.3) is 0 Å². The van der Waals surface area contributed by atoms with Gasteiger partial charge < -0.3 is 0 Å². The SMILES string of the molecule is CCCCCN1Cc2ccccc2C=N1. The molecule has 0 N–H and O–H groups in total. The molecule has 1 heterocycles. The van der Waals surface area contributed by atoms with Crippen molar-refractivity contribution in [1.82, 2.24) is 5.01 Å². The van der Waals surface area contributed by atoms with E-state index in [-0.39, 0.29) is 0 Å². The fourth-order valence-corrected chi connectivity index (χ4v) is 1.87.